The van der Waals surface area contributed by atoms with E-state index in [-0.39, 0.29) is 0 Å². The van der Waals surface area contributed by atoms with E-state index < -0.39 is 0 Å². The van der Waals surface area contributed by atoms with Crippen molar-refractivity contribution in [3.05, 3.63) is 18.0 Å². The highest BCUT2D eigenvalue weighted by Gasteiger charge is 2.15. The zero-order valence-corrected chi connectivity index (χ0v) is 9.95. The lowest BCUT2D eigenvalue weighted by Gasteiger charge is -2.18. The Morgan fingerprint density at radius 3 is 2.67 bits per heavy atom. The van der Waals surface area contributed by atoms with Gasteiger partial charge in [0.05, 0.1) is 19.0 Å². The van der Waals surface area contributed by atoms with E-state index >= 15 is 0 Å². The first-order valence-corrected chi connectivity index (χ1v) is 5.39. The van der Waals surface area contributed by atoms with Crippen molar-refractivity contribution in [1.29, 1.82) is 0 Å². The molecule has 3 nitrogen and oxygen atoms in total. The Bertz CT molecular complexity index is 325. The van der Waals surface area contributed by atoms with Gasteiger partial charge in [-0.05, 0) is 5.92 Å². The number of hydrogen-bond acceptors (Lipinski definition) is 3. The predicted molar refractivity (Wildman–Crippen MR) is 63.1 cm³/mol. The number of nitrogens with two attached hydrogens (primary N) is 1. The molecule has 0 aromatic carbocycles. The second-order valence-corrected chi connectivity index (χ2v) is 4.03. The normalized spacial score (nSPS) is 14.7. The quantitative estimate of drug-likeness (QED) is 0.827. The average molecular weight is 208 g/mol. The summed E-state index contributed by atoms with van der Waals surface area (Å²) in [6, 6.07) is 1.94. The number of nitrogen functional groups attached to an aromatic ring is 1. The lowest BCUT2D eigenvalue weighted by atomic mass is 9.90. The molecule has 0 bridgehead atoms. The fourth-order valence-corrected chi connectivity index (χ4v) is 1.53. The summed E-state index contributed by atoms with van der Waals surface area (Å²) >= 11 is 0. The smallest absolute Gasteiger partial charge is 0.145 e. The van der Waals surface area contributed by atoms with E-state index in [2.05, 4.69) is 25.8 Å². The minimum Gasteiger partial charge on any atom is -0.494 e. The van der Waals surface area contributed by atoms with Crippen molar-refractivity contribution in [3.63, 3.8) is 0 Å². The minimum absolute atomic E-state index is 0.435. The van der Waals surface area contributed by atoms with Crippen LogP contribution in [0.15, 0.2) is 12.3 Å². The topological polar surface area (TPSA) is 48.1 Å². The van der Waals surface area contributed by atoms with Gasteiger partial charge in [0.15, 0.2) is 0 Å². The van der Waals surface area contributed by atoms with E-state index in [9.17, 15) is 0 Å². The Hall–Kier alpha value is -1.25. The zero-order valence-electron chi connectivity index (χ0n) is 9.95. The van der Waals surface area contributed by atoms with Crippen molar-refractivity contribution in [2.45, 2.75) is 33.1 Å². The number of pyridine rings is 1. The summed E-state index contributed by atoms with van der Waals surface area (Å²) in [5.41, 5.74) is 7.37. The van der Waals surface area contributed by atoms with E-state index in [0.717, 1.165) is 17.9 Å². The van der Waals surface area contributed by atoms with Gasteiger partial charge in [-0.15, -0.1) is 0 Å². The van der Waals surface area contributed by atoms with Gasteiger partial charge in [-0.3, -0.25) is 4.98 Å². The van der Waals surface area contributed by atoms with E-state index in [1.165, 1.54) is 0 Å². The lowest BCUT2D eigenvalue weighted by molar-refractivity contribution is 0.412. The van der Waals surface area contributed by atoms with Gasteiger partial charge >= 0.3 is 0 Å². The standard InChI is InChI=1S/C12H20N2O/c1-5-8(2)9(3)11-6-12(15-4)10(13)7-14-11/h6-9H,5,13H2,1-4H3. The zero-order chi connectivity index (χ0) is 11.4. The maximum absolute atomic E-state index is 5.72. The molecule has 1 rings (SSSR count). The summed E-state index contributed by atoms with van der Waals surface area (Å²) in [5, 5.41) is 0. The van der Waals surface area contributed by atoms with Crippen LogP contribution in [0.2, 0.25) is 0 Å². The number of methoxy groups -OCH3 is 1. The molecule has 0 aliphatic rings. The van der Waals surface area contributed by atoms with Crippen LogP contribution in [0.4, 0.5) is 5.69 Å². The number of nitrogens with zero attached hydrogens (tertiary/aromatic N) is 1. The van der Waals surface area contributed by atoms with Gasteiger partial charge in [0.2, 0.25) is 0 Å². The number of rotatable bonds is 4. The Morgan fingerprint density at radius 1 is 1.47 bits per heavy atom. The molecular formula is C12H20N2O. The Kier molecular flexibility index (Phi) is 3.95. The van der Waals surface area contributed by atoms with Crippen LogP contribution in [0.1, 0.15) is 38.8 Å². The molecule has 2 unspecified atom stereocenters. The molecular weight excluding hydrogens is 188 g/mol. The fraction of sp³-hybridized carbons (Fsp3) is 0.583. The van der Waals surface area contributed by atoms with Crippen LogP contribution in [0.3, 0.4) is 0 Å². The highest BCUT2D eigenvalue weighted by Crippen LogP contribution is 2.29. The van der Waals surface area contributed by atoms with Crippen molar-refractivity contribution >= 4 is 5.69 Å². The van der Waals surface area contributed by atoms with Crippen LogP contribution < -0.4 is 10.5 Å². The van der Waals surface area contributed by atoms with Crippen LogP contribution >= 0.6 is 0 Å². The van der Waals surface area contributed by atoms with Crippen LogP contribution in [0, 0.1) is 5.92 Å². The number of hydrogen-bond donors (Lipinski definition) is 1. The van der Waals surface area contributed by atoms with Crippen molar-refractivity contribution < 1.29 is 4.74 Å². The number of ether oxygens (including phenoxy) is 1. The molecule has 84 valence electrons. The van der Waals surface area contributed by atoms with E-state index in [4.69, 9.17) is 10.5 Å². The van der Waals surface area contributed by atoms with Crippen LogP contribution in [-0.2, 0) is 0 Å². The van der Waals surface area contributed by atoms with Gasteiger partial charge in [0, 0.05) is 17.7 Å². The molecule has 1 heterocycles. The van der Waals surface area contributed by atoms with Gasteiger partial charge in [0.1, 0.15) is 5.75 Å². The van der Waals surface area contributed by atoms with E-state index in [1.807, 2.05) is 6.07 Å². The molecule has 0 aliphatic carbocycles. The van der Waals surface area contributed by atoms with Crippen LogP contribution in [-0.4, -0.2) is 12.1 Å². The molecule has 2 atom stereocenters. The van der Waals surface area contributed by atoms with Gasteiger partial charge < -0.3 is 10.5 Å². The number of anilines is 1. The van der Waals surface area contributed by atoms with Crippen molar-refractivity contribution in [1.82, 2.24) is 4.98 Å². The summed E-state index contributed by atoms with van der Waals surface area (Å²) in [5.74, 6) is 1.77. The molecule has 0 saturated carbocycles. The highest BCUT2D eigenvalue weighted by molar-refractivity contribution is 5.51. The fourth-order valence-electron chi connectivity index (χ4n) is 1.53. The first-order valence-electron chi connectivity index (χ1n) is 5.39. The van der Waals surface area contributed by atoms with Gasteiger partial charge in [-0.25, -0.2) is 0 Å². The second-order valence-electron chi connectivity index (χ2n) is 4.03. The summed E-state index contributed by atoms with van der Waals surface area (Å²) in [6.45, 7) is 6.61. The average Bonchev–Trinajstić information content (AvgIpc) is 2.27. The predicted octanol–water partition coefficient (Wildman–Crippen LogP) is 2.82. The summed E-state index contributed by atoms with van der Waals surface area (Å²) in [7, 11) is 1.63. The third-order valence-corrected chi connectivity index (χ3v) is 3.10. The molecule has 0 amide bonds. The van der Waals surface area contributed by atoms with Crippen LogP contribution in [0.5, 0.6) is 5.75 Å². The molecule has 0 saturated heterocycles. The van der Waals surface area contributed by atoms with Gasteiger partial charge in [-0.1, -0.05) is 27.2 Å². The molecule has 0 spiro atoms. The second kappa shape index (κ2) is 5.01. The Balaban J connectivity index is 2.95. The maximum Gasteiger partial charge on any atom is 0.145 e. The summed E-state index contributed by atoms with van der Waals surface area (Å²) in [4.78, 5) is 4.35. The molecule has 0 aliphatic heterocycles. The molecule has 1 aromatic heterocycles. The highest BCUT2D eigenvalue weighted by atomic mass is 16.5. The minimum atomic E-state index is 0.435. The first kappa shape index (κ1) is 11.8. The van der Waals surface area contributed by atoms with E-state index in [0.29, 0.717) is 17.5 Å². The third kappa shape index (κ3) is 2.61. The lowest BCUT2D eigenvalue weighted by Crippen LogP contribution is -2.08. The summed E-state index contributed by atoms with van der Waals surface area (Å²) in [6.07, 6.45) is 2.82. The van der Waals surface area contributed by atoms with Crippen molar-refractivity contribution in [2.75, 3.05) is 12.8 Å². The molecule has 3 heteroatoms. The summed E-state index contributed by atoms with van der Waals surface area (Å²) < 4.78 is 5.18. The maximum atomic E-state index is 5.72. The van der Waals surface area contributed by atoms with Gasteiger partial charge in [-0.2, -0.15) is 0 Å². The Morgan fingerprint density at radius 2 is 2.13 bits per heavy atom. The Labute approximate surface area is 91.7 Å². The van der Waals surface area contributed by atoms with Crippen LogP contribution in [0.25, 0.3) is 0 Å². The largest absolute Gasteiger partial charge is 0.494 e. The monoisotopic (exact) mass is 208 g/mol. The van der Waals surface area contributed by atoms with Gasteiger partial charge in [0.25, 0.3) is 0 Å². The van der Waals surface area contributed by atoms with Crippen molar-refractivity contribution in [2.24, 2.45) is 5.92 Å². The number of aromatic nitrogens is 1. The SMILES string of the molecule is CCC(C)C(C)c1cc(OC)c(N)cn1. The molecule has 0 radical (unpaired) electrons. The van der Waals surface area contributed by atoms with Crippen molar-refractivity contribution in [3.8, 4) is 5.75 Å². The molecule has 1 aromatic rings. The van der Waals surface area contributed by atoms with E-state index in [1.54, 1.807) is 13.3 Å². The third-order valence-electron chi connectivity index (χ3n) is 3.10. The molecule has 2 N–H and O–H groups in total. The molecule has 0 fully saturated rings. The molecule has 15 heavy (non-hydrogen) atoms. The first-order chi connectivity index (χ1) is 7.10.